The first kappa shape index (κ1) is 8.80. The van der Waals surface area contributed by atoms with Crippen molar-refractivity contribution in [3.05, 3.63) is 23.9 Å². The van der Waals surface area contributed by atoms with Crippen LogP contribution < -0.4 is 5.73 Å². The van der Waals surface area contributed by atoms with E-state index in [9.17, 15) is 4.79 Å². The smallest absolute Gasteiger partial charge is 0.407 e. The van der Waals surface area contributed by atoms with Crippen LogP contribution in [0.1, 0.15) is 11.5 Å². The van der Waals surface area contributed by atoms with E-state index in [-0.39, 0.29) is 5.92 Å². The van der Waals surface area contributed by atoms with E-state index in [0.717, 1.165) is 5.56 Å². The normalized spacial score (nSPS) is 16.4. The lowest BCUT2D eigenvalue weighted by Crippen LogP contribution is -2.47. The Hall–Kier alpha value is -1.78. The largest absolute Gasteiger partial charge is 0.465 e. The molecule has 5 heteroatoms. The number of nitrogen functional groups attached to an aromatic ring is 1. The molecule has 3 N–H and O–H groups in total. The average molecular weight is 193 g/mol. The van der Waals surface area contributed by atoms with Gasteiger partial charge in [-0.25, -0.2) is 9.78 Å². The molecule has 0 unspecified atom stereocenters. The summed E-state index contributed by atoms with van der Waals surface area (Å²) in [4.78, 5) is 15.8. The predicted octanol–water partition coefficient (Wildman–Crippen LogP) is 0.741. The number of amides is 1. The van der Waals surface area contributed by atoms with Crippen LogP contribution in [0.15, 0.2) is 18.3 Å². The Kier molecular flexibility index (Phi) is 1.99. The second-order valence-corrected chi connectivity index (χ2v) is 3.40. The minimum atomic E-state index is -0.857. The summed E-state index contributed by atoms with van der Waals surface area (Å²) >= 11 is 0. The molecule has 2 heterocycles. The summed E-state index contributed by atoms with van der Waals surface area (Å²) < 4.78 is 0. The SMILES string of the molecule is Nc1ccc(C2CN(C(=O)O)C2)cn1. The average Bonchev–Trinajstić information content (AvgIpc) is 2.05. The van der Waals surface area contributed by atoms with Gasteiger partial charge >= 0.3 is 6.09 Å². The number of aromatic nitrogens is 1. The fourth-order valence-corrected chi connectivity index (χ4v) is 1.50. The van der Waals surface area contributed by atoms with Crippen LogP contribution >= 0.6 is 0 Å². The highest BCUT2D eigenvalue weighted by Gasteiger charge is 2.31. The van der Waals surface area contributed by atoms with E-state index < -0.39 is 6.09 Å². The predicted molar refractivity (Wildman–Crippen MR) is 51.0 cm³/mol. The zero-order valence-corrected chi connectivity index (χ0v) is 7.55. The third-order valence-electron chi connectivity index (χ3n) is 2.43. The van der Waals surface area contributed by atoms with Gasteiger partial charge in [0.05, 0.1) is 0 Å². The van der Waals surface area contributed by atoms with E-state index in [1.54, 1.807) is 12.3 Å². The number of likely N-dealkylation sites (tertiary alicyclic amines) is 1. The maximum atomic E-state index is 10.5. The molecule has 0 bridgehead atoms. The standard InChI is InChI=1S/C9H11N3O2/c10-8-2-1-6(3-11-8)7-4-12(5-7)9(13)14/h1-3,7H,4-5H2,(H2,10,11)(H,13,14). The minimum Gasteiger partial charge on any atom is -0.465 e. The third kappa shape index (κ3) is 1.48. The molecule has 1 amide bonds. The zero-order chi connectivity index (χ0) is 10.1. The van der Waals surface area contributed by atoms with Gasteiger partial charge in [0.25, 0.3) is 0 Å². The number of hydrogen-bond donors (Lipinski definition) is 2. The number of nitrogens with two attached hydrogens (primary N) is 1. The molecular formula is C9H11N3O2. The molecule has 1 aliphatic rings. The van der Waals surface area contributed by atoms with Gasteiger partial charge in [0, 0.05) is 25.2 Å². The van der Waals surface area contributed by atoms with Crippen molar-refractivity contribution in [2.45, 2.75) is 5.92 Å². The summed E-state index contributed by atoms with van der Waals surface area (Å²) in [6.45, 7) is 1.11. The number of anilines is 1. The lowest BCUT2D eigenvalue weighted by molar-refractivity contribution is 0.105. The van der Waals surface area contributed by atoms with Crippen LogP contribution in [0.2, 0.25) is 0 Å². The van der Waals surface area contributed by atoms with Crippen LogP contribution in [-0.4, -0.2) is 34.2 Å². The van der Waals surface area contributed by atoms with Gasteiger partial charge in [-0.3, -0.25) is 0 Å². The first-order chi connectivity index (χ1) is 6.66. The molecule has 1 aliphatic heterocycles. The van der Waals surface area contributed by atoms with Crippen molar-refractivity contribution in [3.63, 3.8) is 0 Å². The number of rotatable bonds is 1. The molecule has 0 spiro atoms. The summed E-state index contributed by atoms with van der Waals surface area (Å²) in [6, 6.07) is 3.63. The maximum absolute atomic E-state index is 10.5. The van der Waals surface area contributed by atoms with Crippen LogP contribution in [0.25, 0.3) is 0 Å². The van der Waals surface area contributed by atoms with Crippen molar-refractivity contribution in [1.29, 1.82) is 0 Å². The van der Waals surface area contributed by atoms with Crippen LogP contribution in [0.3, 0.4) is 0 Å². The quantitative estimate of drug-likeness (QED) is 0.689. The van der Waals surface area contributed by atoms with E-state index >= 15 is 0 Å². The second-order valence-electron chi connectivity index (χ2n) is 3.40. The fraction of sp³-hybridized carbons (Fsp3) is 0.333. The second kappa shape index (κ2) is 3.17. The van der Waals surface area contributed by atoms with E-state index in [4.69, 9.17) is 10.8 Å². The highest BCUT2D eigenvalue weighted by Crippen LogP contribution is 2.26. The zero-order valence-electron chi connectivity index (χ0n) is 7.55. The summed E-state index contributed by atoms with van der Waals surface area (Å²) in [5, 5.41) is 8.63. The van der Waals surface area contributed by atoms with Gasteiger partial charge in [-0.2, -0.15) is 0 Å². The van der Waals surface area contributed by atoms with E-state index in [1.165, 1.54) is 4.90 Å². The molecule has 1 aromatic heterocycles. The molecule has 14 heavy (non-hydrogen) atoms. The molecule has 74 valence electrons. The molecule has 1 aromatic rings. The maximum Gasteiger partial charge on any atom is 0.407 e. The van der Waals surface area contributed by atoms with Crippen LogP contribution in [0.4, 0.5) is 10.6 Å². The number of pyridine rings is 1. The Labute approximate surface area is 81.2 Å². The summed E-state index contributed by atoms with van der Waals surface area (Å²) in [5.74, 6) is 0.766. The number of hydrogen-bond acceptors (Lipinski definition) is 3. The van der Waals surface area contributed by atoms with Gasteiger partial charge in [0.2, 0.25) is 0 Å². The Morgan fingerprint density at radius 2 is 2.29 bits per heavy atom. The van der Waals surface area contributed by atoms with Gasteiger partial charge in [0.1, 0.15) is 5.82 Å². The molecule has 5 nitrogen and oxygen atoms in total. The summed E-state index contributed by atoms with van der Waals surface area (Å²) in [7, 11) is 0. The van der Waals surface area contributed by atoms with Crippen molar-refractivity contribution < 1.29 is 9.90 Å². The third-order valence-corrected chi connectivity index (χ3v) is 2.43. The van der Waals surface area contributed by atoms with Crippen molar-refractivity contribution in [2.75, 3.05) is 18.8 Å². The Morgan fingerprint density at radius 3 is 2.79 bits per heavy atom. The molecule has 2 rings (SSSR count). The van der Waals surface area contributed by atoms with Crippen LogP contribution in [0.5, 0.6) is 0 Å². The molecule has 0 radical (unpaired) electrons. The first-order valence-electron chi connectivity index (χ1n) is 4.36. The van der Waals surface area contributed by atoms with Gasteiger partial charge in [0.15, 0.2) is 0 Å². The number of nitrogens with zero attached hydrogens (tertiary/aromatic N) is 2. The topological polar surface area (TPSA) is 79.5 Å². The highest BCUT2D eigenvalue weighted by molar-refractivity contribution is 5.66. The molecule has 0 atom stereocenters. The van der Waals surface area contributed by atoms with Crippen LogP contribution in [-0.2, 0) is 0 Å². The Morgan fingerprint density at radius 1 is 1.57 bits per heavy atom. The van der Waals surface area contributed by atoms with E-state index in [2.05, 4.69) is 4.98 Å². The molecule has 0 aromatic carbocycles. The van der Waals surface area contributed by atoms with Gasteiger partial charge in [-0.15, -0.1) is 0 Å². The lowest BCUT2D eigenvalue weighted by atomic mass is 9.93. The van der Waals surface area contributed by atoms with Gasteiger partial charge in [-0.1, -0.05) is 6.07 Å². The van der Waals surface area contributed by atoms with E-state index in [0.29, 0.717) is 18.9 Å². The lowest BCUT2D eigenvalue weighted by Gasteiger charge is -2.37. The Balaban J connectivity index is 2.00. The Bertz CT molecular complexity index is 344. The van der Waals surface area contributed by atoms with Gasteiger partial charge < -0.3 is 15.7 Å². The fourth-order valence-electron chi connectivity index (χ4n) is 1.50. The van der Waals surface area contributed by atoms with Crippen molar-refractivity contribution in [2.24, 2.45) is 0 Å². The summed E-state index contributed by atoms with van der Waals surface area (Å²) in [5.41, 5.74) is 6.50. The monoisotopic (exact) mass is 193 g/mol. The van der Waals surface area contributed by atoms with Crippen molar-refractivity contribution in [3.8, 4) is 0 Å². The minimum absolute atomic E-state index is 0.277. The number of carboxylic acid groups (broad SMARTS) is 1. The molecule has 0 aliphatic carbocycles. The molecule has 1 saturated heterocycles. The molecular weight excluding hydrogens is 182 g/mol. The van der Waals surface area contributed by atoms with E-state index in [1.807, 2.05) is 6.07 Å². The highest BCUT2D eigenvalue weighted by atomic mass is 16.4. The molecule has 1 fully saturated rings. The molecule has 0 saturated carbocycles. The number of carbonyl (C=O) groups is 1. The van der Waals surface area contributed by atoms with Crippen LogP contribution in [0, 0.1) is 0 Å². The van der Waals surface area contributed by atoms with Crippen molar-refractivity contribution in [1.82, 2.24) is 9.88 Å². The summed E-state index contributed by atoms with van der Waals surface area (Å²) in [6.07, 6.45) is 0.851. The van der Waals surface area contributed by atoms with Crippen molar-refractivity contribution >= 4 is 11.9 Å². The van der Waals surface area contributed by atoms with Gasteiger partial charge in [-0.05, 0) is 11.6 Å². The first-order valence-corrected chi connectivity index (χ1v) is 4.36.